The minimum absolute atomic E-state index is 0.0198. The molecule has 0 spiro atoms. The lowest BCUT2D eigenvalue weighted by Crippen LogP contribution is -2.37. The Labute approximate surface area is 216 Å². The van der Waals surface area contributed by atoms with E-state index in [0.717, 1.165) is 31.2 Å². The zero-order chi connectivity index (χ0) is 26.4. The number of imidazole rings is 1. The molecule has 9 nitrogen and oxygen atoms in total. The summed E-state index contributed by atoms with van der Waals surface area (Å²) >= 11 is 0. The molecule has 0 saturated heterocycles. The summed E-state index contributed by atoms with van der Waals surface area (Å²) in [6, 6.07) is 15.9. The fraction of sp³-hybridized carbons (Fsp3) is 0.357. The summed E-state index contributed by atoms with van der Waals surface area (Å²) in [6.07, 6.45) is 3.92. The van der Waals surface area contributed by atoms with Gasteiger partial charge in [-0.15, -0.1) is 0 Å². The predicted octanol–water partition coefficient (Wildman–Crippen LogP) is 3.13. The van der Waals surface area contributed by atoms with Crippen LogP contribution in [-0.2, 0) is 16.0 Å². The maximum Gasteiger partial charge on any atom is 0.356 e. The highest BCUT2D eigenvalue weighted by atomic mass is 16.5. The van der Waals surface area contributed by atoms with E-state index in [1.807, 2.05) is 30.3 Å². The molecule has 0 radical (unpaired) electrons. The van der Waals surface area contributed by atoms with Crippen molar-refractivity contribution in [3.8, 4) is 11.3 Å². The first-order chi connectivity index (χ1) is 17.9. The van der Waals surface area contributed by atoms with Crippen molar-refractivity contribution in [3.63, 3.8) is 0 Å². The SMILES string of the molecule is COC(=O)c1[nH]c(C[C@H](NC(=O)C2CCC(CN)CC2)c2ccccc2)nc1-c1ccc(C(N)=O)cc1. The van der Waals surface area contributed by atoms with E-state index in [4.69, 9.17) is 21.2 Å². The second kappa shape index (κ2) is 11.8. The van der Waals surface area contributed by atoms with Crippen molar-refractivity contribution in [2.75, 3.05) is 13.7 Å². The lowest BCUT2D eigenvalue weighted by Gasteiger charge is -2.28. The topological polar surface area (TPSA) is 153 Å². The molecule has 0 bridgehead atoms. The number of aromatic nitrogens is 2. The molecular weight excluding hydrogens is 470 g/mol. The highest BCUT2D eigenvalue weighted by Crippen LogP contribution is 2.30. The number of nitrogens with one attached hydrogen (secondary N) is 2. The number of ether oxygens (including phenoxy) is 1. The maximum absolute atomic E-state index is 13.2. The Morgan fingerprint density at radius 2 is 1.73 bits per heavy atom. The molecule has 3 aromatic rings. The molecule has 37 heavy (non-hydrogen) atoms. The number of esters is 1. The number of aromatic amines is 1. The first-order valence-corrected chi connectivity index (χ1v) is 12.5. The van der Waals surface area contributed by atoms with E-state index in [1.54, 1.807) is 24.3 Å². The number of primary amides is 1. The van der Waals surface area contributed by atoms with Crippen LogP contribution in [0.4, 0.5) is 0 Å². The van der Waals surface area contributed by atoms with Crippen LogP contribution in [0.2, 0.25) is 0 Å². The van der Waals surface area contributed by atoms with Crippen LogP contribution in [0.15, 0.2) is 54.6 Å². The highest BCUT2D eigenvalue weighted by molar-refractivity contribution is 5.96. The number of methoxy groups -OCH3 is 1. The number of hydrogen-bond acceptors (Lipinski definition) is 6. The molecule has 0 aliphatic heterocycles. The summed E-state index contributed by atoms with van der Waals surface area (Å²) in [5, 5.41) is 3.22. The van der Waals surface area contributed by atoms with E-state index >= 15 is 0 Å². The summed E-state index contributed by atoms with van der Waals surface area (Å²) < 4.78 is 4.96. The average Bonchev–Trinajstić information content (AvgIpc) is 3.36. The molecular formula is C28H33N5O4. The molecule has 6 N–H and O–H groups in total. The Kier molecular flexibility index (Phi) is 8.35. The van der Waals surface area contributed by atoms with E-state index in [0.29, 0.717) is 41.5 Å². The van der Waals surface area contributed by atoms with Gasteiger partial charge in [0.2, 0.25) is 11.8 Å². The molecule has 1 heterocycles. The molecule has 0 unspecified atom stereocenters. The smallest absolute Gasteiger partial charge is 0.356 e. The number of carbonyl (C=O) groups excluding carboxylic acids is 3. The van der Waals surface area contributed by atoms with E-state index in [-0.39, 0.29) is 23.6 Å². The number of carbonyl (C=O) groups is 3. The Bertz CT molecular complexity index is 1230. The normalized spacial score (nSPS) is 18.1. The third-order valence-electron chi connectivity index (χ3n) is 7.05. The molecule has 1 aliphatic carbocycles. The molecule has 194 valence electrons. The zero-order valence-corrected chi connectivity index (χ0v) is 20.9. The van der Waals surface area contributed by atoms with Crippen LogP contribution in [0.5, 0.6) is 0 Å². The summed E-state index contributed by atoms with van der Waals surface area (Å²) in [5.41, 5.74) is 13.7. The van der Waals surface area contributed by atoms with Crippen molar-refractivity contribution < 1.29 is 19.1 Å². The Hall–Kier alpha value is -3.98. The molecule has 1 aromatic heterocycles. The summed E-state index contributed by atoms with van der Waals surface area (Å²) in [4.78, 5) is 45.0. The second-order valence-electron chi connectivity index (χ2n) is 9.47. The van der Waals surface area contributed by atoms with Gasteiger partial charge in [-0.25, -0.2) is 9.78 Å². The molecule has 9 heteroatoms. The predicted molar refractivity (Wildman–Crippen MR) is 139 cm³/mol. The van der Waals surface area contributed by atoms with Gasteiger partial charge in [-0.1, -0.05) is 42.5 Å². The van der Waals surface area contributed by atoms with Crippen LogP contribution in [0.3, 0.4) is 0 Å². The Morgan fingerprint density at radius 3 is 2.32 bits per heavy atom. The van der Waals surface area contributed by atoms with Crippen LogP contribution in [-0.4, -0.2) is 41.4 Å². The van der Waals surface area contributed by atoms with E-state index in [1.165, 1.54) is 7.11 Å². The van der Waals surface area contributed by atoms with E-state index < -0.39 is 11.9 Å². The molecule has 1 fully saturated rings. The molecule has 2 aromatic carbocycles. The Balaban J connectivity index is 1.60. The monoisotopic (exact) mass is 503 g/mol. The maximum atomic E-state index is 13.2. The largest absolute Gasteiger partial charge is 0.464 e. The minimum Gasteiger partial charge on any atom is -0.464 e. The third-order valence-corrected chi connectivity index (χ3v) is 7.05. The van der Waals surface area contributed by atoms with Crippen molar-refractivity contribution in [2.24, 2.45) is 23.3 Å². The van der Waals surface area contributed by atoms with Gasteiger partial charge >= 0.3 is 5.97 Å². The number of H-pyrrole nitrogens is 1. The zero-order valence-electron chi connectivity index (χ0n) is 20.9. The molecule has 1 atom stereocenters. The van der Waals surface area contributed by atoms with Gasteiger partial charge in [-0.05, 0) is 55.8 Å². The average molecular weight is 504 g/mol. The minimum atomic E-state index is -0.565. The number of benzene rings is 2. The number of nitrogens with zero attached hydrogens (tertiary/aromatic N) is 1. The fourth-order valence-corrected chi connectivity index (χ4v) is 4.85. The number of nitrogens with two attached hydrogens (primary N) is 2. The number of amides is 2. The summed E-state index contributed by atoms with van der Waals surface area (Å²) in [5.74, 6) is -0.119. The summed E-state index contributed by atoms with van der Waals surface area (Å²) in [7, 11) is 1.30. The molecule has 2 amide bonds. The first-order valence-electron chi connectivity index (χ1n) is 12.5. The fourth-order valence-electron chi connectivity index (χ4n) is 4.85. The standard InChI is InChI=1S/C28H33N5O4/c1-37-28(36)25-24(19-11-13-20(14-12-19)26(30)34)32-23(33-25)15-22(18-5-3-2-4-6-18)31-27(35)21-9-7-17(16-29)8-10-21/h2-6,11-14,17,21-22H,7-10,15-16,29H2,1H3,(H2,30,34)(H,31,35)(H,32,33)/t17?,21?,22-/m0/s1. The van der Waals surface area contributed by atoms with Crippen molar-refractivity contribution in [2.45, 2.75) is 38.1 Å². The number of hydrogen-bond donors (Lipinski definition) is 4. The van der Waals surface area contributed by atoms with Crippen molar-refractivity contribution >= 4 is 17.8 Å². The van der Waals surface area contributed by atoms with Crippen LogP contribution in [0, 0.1) is 11.8 Å². The van der Waals surface area contributed by atoms with Gasteiger partial charge in [0, 0.05) is 23.5 Å². The lowest BCUT2D eigenvalue weighted by molar-refractivity contribution is -0.127. The van der Waals surface area contributed by atoms with Crippen LogP contribution in [0.25, 0.3) is 11.3 Å². The van der Waals surface area contributed by atoms with Gasteiger partial charge in [0.05, 0.1) is 13.2 Å². The molecule has 1 saturated carbocycles. The van der Waals surface area contributed by atoms with Crippen molar-refractivity contribution in [3.05, 3.63) is 77.2 Å². The first kappa shape index (κ1) is 26.1. The van der Waals surface area contributed by atoms with Crippen LogP contribution >= 0.6 is 0 Å². The quantitative estimate of drug-likeness (QED) is 0.329. The highest BCUT2D eigenvalue weighted by Gasteiger charge is 2.28. The van der Waals surface area contributed by atoms with Gasteiger partial charge in [-0.3, -0.25) is 9.59 Å². The lowest BCUT2D eigenvalue weighted by atomic mass is 9.81. The second-order valence-corrected chi connectivity index (χ2v) is 9.47. The van der Waals surface area contributed by atoms with Crippen LogP contribution < -0.4 is 16.8 Å². The van der Waals surface area contributed by atoms with Gasteiger partial charge in [0.25, 0.3) is 0 Å². The Morgan fingerprint density at radius 1 is 1.05 bits per heavy atom. The third kappa shape index (κ3) is 6.24. The molecule has 4 rings (SSSR count). The van der Waals surface area contributed by atoms with E-state index in [9.17, 15) is 14.4 Å². The van der Waals surface area contributed by atoms with E-state index in [2.05, 4.69) is 10.3 Å². The van der Waals surface area contributed by atoms with Gasteiger partial charge in [-0.2, -0.15) is 0 Å². The van der Waals surface area contributed by atoms with Crippen LogP contribution in [0.1, 0.15) is 64.0 Å². The summed E-state index contributed by atoms with van der Waals surface area (Å²) in [6.45, 7) is 0.662. The van der Waals surface area contributed by atoms with Gasteiger partial charge < -0.3 is 26.5 Å². The van der Waals surface area contributed by atoms with Gasteiger partial charge in [0.15, 0.2) is 5.69 Å². The van der Waals surface area contributed by atoms with Crippen molar-refractivity contribution in [1.29, 1.82) is 0 Å². The van der Waals surface area contributed by atoms with Gasteiger partial charge in [0.1, 0.15) is 11.5 Å². The number of rotatable bonds is 9. The van der Waals surface area contributed by atoms with Crippen molar-refractivity contribution in [1.82, 2.24) is 15.3 Å². The molecule has 1 aliphatic rings.